The highest BCUT2D eigenvalue weighted by molar-refractivity contribution is 7.27. The topological polar surface area (TPSA) is 36.1 Å². The Labute approximate surface area is 595 Å². The summed E-state index contributed by atoms with van der Waals surface area (Å²) in [5, 5.41) is 26.7. The third kappa shape index (κ3) is 11.4. The van der Waals surface area contributed by atoms with Crippen LogP contribution in [0.2, 0.25) is 0 Å². The van der Waals surface area contributed by atoms with E-state index in [9.17, 15) is 0 Å². The second-order valence-electron chi connectivity index (χ2n) is 25.0. The lowest BCUT2D eigenvalue weighted by molar-refractivity contribution is 1.54. The normalized spacial score (nSPS) is 11.6. The molecule has 21 aromatic rings. The van der Waals surface area contributed by atoms with Gasteiger partial charge in [0, 0.05) is 155 Å². The average Bonchev–Trinajstić information content (AvgIpc) is 1.71. The van der Waals surface area contributed by atoms with E-state index >= 15 is 0 Å². The van der Waals surface area contributed by atoms with Crippen LogP contribution in [-0.4, -0.2) is 0 Å². The molecule has 0 spiro atoms. The third-order valence-corrected chi connectivity index (χ3v) is 25.7. The first-order valence-corrected chi connectivity index (χ1v) is 38.0. The summed E-state index contributed by atoms with van der Waals surface area (Å²) in [5.41, 5.74) is 14.1. The maximum absolute atomic E-state index is 3.61. The number of rotatable bonds is 9. The zero-order valence-electron chi connectivity index (χ0n) is 53.1. The summed E-state index contributed by atoms with van der Waals surface area (Å²) in [4.78, 5) is 0. The van der Waals surface area contributed by atoms with Gasteiger partial charge in [-0.15, -0.1) is 68.0 Å². The van der Waals surface area contributed by atoms with Crippen molar-refractivity contribution < 1.29 is 0 Å². The lowest BCUT2D eigenvalue weighted by atomic mass is 10.0. The second kappa shape index (κ2) is 25.1. The fourth-order valence-electron chi connectivity index (χ4n) is 13.9. The monoisotopic (exact) mass is 1370 g/mol. The van der Waals surface area contributed by atoms with Crippen LogP contribution in [0.1, 0.15) is 0 Å². The summed E-state index contributed by atoms with van der Waals surface area (Å²) < 4.78 is 16.1. The van der Waals surface area contributed by atoms with Crippen LogP contribution < -0.4 is 16.0 Å². The number of hydrogen-bond donors (Lipinski definition) is 3. The summed E-state index contributed by atoms with van der Waals surface area (Å²) in [5.74, 6) is 0. The van der Waals surface area contributed by atoms with Gasteiger partial charge >= 0.3 is 0 Å². The summed E-state index contributed by atoms with van der Waals surface area (Å²) >= 11 is 11.1. The Morgan fingerprint density at radius 3 is 0.556 bits per heavy atom. The highest BCUT2D eigenvalue weighted by Crippen LogP contribution is 2.43. The van der Waals surface area contributed by atoms with Crippen molar-refractivity contribution in [2.24, 2.45) is 0 Å². The zero-order valence-corrected chi connectivity index (χ0v) is 58.0. The molecule has 3 N–H and O–H groups in total. The molecule has 0 radical (unpaired) electrons. The molecule has 0 unspecified atom stereocenters. The average molecular weight is 1370 g/mol. The van der Waals surface area contributed by atoms with E-state index in [0.29, 0.717) is 0 Å². The minimum Gasteiger partial charge on any atom is -0.356 e. The Morgan fingerprint density at radius 1 is 0.131 bits per heavy atom. The van der Waals surface area contributed by atoms with Crippen LogP contribution in [0.5, 0.6) is 0 Å². The largest absolute Gasteiger partial charge is 0.356 e. The number of hydrogen-bond acceptors (Lipinski definition) is 9. The molecule has 468 valence electrons. The maximum Gasteiger partial charge on any atom is 0.0391 e. The van der Waals surface area contributed by atoms with Gasteiger partial charge in [0.05, 0.1) is 0 Å². The standard InChI is InChI=1S/C36H23NS2.C30H19NS2.C24H15NS2/c1-3-7-33-29(5-1)31-21-25(13-19-35(31)38-33)23-9-15-27(16-10-23)37-28-17-11-24(12-18-28)26-14-20-36-32(22-26)30-6-2-4-8-34(30)39-36;1-3-7-27-23(5-1)25-17-20(11-15-29(25)32-27)19-9-12-21(13-10-19)31-22-14-16-30-26(18-22)24-6-2-4-8-28(24)33-30;1-3-7-21-17(5-1)19-13-15(9-11-23(19)26-21)25-16-10-12-24-20(14-16)18-6-2-4-8-22(18)27-24/h1-22,37H;1-18,31H;1-14,25H. The van der Waals surface area contributed by atoms with Gasteiger partial charge < -0.3 is 16.0 Å². The van der Waals surface area contributed by atoms with Crippen LogP contribution in [0, 0.1) is 0 Å². The van der Waals surface area contributed by atoms with E-state index in [1.807, 2.05) is 68.0 Å². The smallest absolute Gasteiger partial charge is 0.0391 e. The van der Waals surface area contributed by atoms with Gasteiger partial charge in [-0.3, -0.25) is 0 Å². The summed E-state index contributed by atoms with van der Waals surface area (Å²) in [6, 6.07) is 118. The van der Waals surface area contributed by atoms with E-state index < -0.39 is 0 Å². The Balaban J connectivity index is 0.000000105. The third-order valence-electron chi connectivity index (χ3n) is 18.8. The van der Waals surface area contributed by atoms with E-state index in [4.69, 9.17) is 0 Å². The quantitative estimate of drug-likeness (QED) is 0.135. The van der Waals surface area contributed by atoms with Gasteiger partial charge in [0.1, 0.15) is 0 Å². The fraction of sp³-hybridized carbons (Fsp3) is 0. The molecule has 6 aromatic heterocycles. The fourth-order valence-corrected chi connectivity index (χ4v) is 20.4. The van der Waals surface area contributed by atoms with Crippen molar-refractivity contribution in [3.63, 3.8) is 0 Å². The van der Waals surface area contributed by atoms with Crippen molar-refractivity contribution in [1.29, 1.82) is 0 Å². The molecule has 0 aliphatic carbocycles. The highest BCUT2D eigenvalue weighted by Gasteiger charge is 2.14. The molecule has 0 amide bonds. The molecule has 0 atom stereocenters. The molecule has 0 saturated carbocycles. The highest BCUT2D eigenvalue weighted by atomic mass is 32.1. The maximum atomic E-state index is 3.61. The summed E-state index contributed by atoms with van der Waals surface area (Å²) in [7, 11) is 0. The zero-order chi connectivity index (χ0) is 65.3. The number of thiophene rings is 6. The summed E-state index contributed by atoms with van der Waals surface area (Å²) in [6.45, 7) is 0. The molecule has 9 heteroatoms. The van der Waals surface area contributed by atoms with Crippen molar-refractivity contribution in [3.05, 3.63) is 328 Å². The van der Waals surface area contributed by atoms with Crippen LogP contribution in [-0.2, 0) is 0 Å². The molecule has 0 fully saturated rings. The van der Waals surface area contributed by atoms with Crippen LogP contribution in [0.4, 0.5) is 34.1 Å². The van der Waals surface area contributed by atoms with Gasteiger partial charge in [0.15, 0.2) is 0 Å². The molecule has 21 rings (SSSR count). The van der Waals surface area contributed by atoms with Gasteiger partial charge in [-0.25, -0.2) is 0 Å². The molecular weight excluding hydrogens is 1320 g/mol. The number of benzene rings is 15. The van der Waals surface area contributed by atoms with Gasteiger partial charge in [-0.2, -0.15) is 0 Å². The van der Waals surface area contributed by atoms with Crippen molar-refractivity contribution in [1.82, 2.24) is 0 Å². The summed E-state index contributed by atoms with van der Waals surface area (Å²) in [6.07, 6.45) is 0. The lowest BCUT2D eigenvalue weighted by Gasteiger charge is -2.10. The van der Waals surface area contributed by atoms with Gasteiger partial charge in [-0.05, 0) is 197 Å². The molecule has 99 heavy (non-hydrogen) atoms. The van der Waals surface area contributed by atoms with E-state index in [2.05, 4.69) is 344 Å². The molecule has 0 aliphatic rings. The van der Waals surface area contributed by atoms with Gasteiger partial charge in [0.25, 0.3) is 0 Å². The van der Waals surface area contributed by atoms with E-state index in [1.54, 1.807) is 0 Å². The minimum absolute atomic E-state index is 1.08. The van der Waals surface area contributed by atoms with Crippen LogP contribution in [0.3, 0.4) is 0 Å². The molecule has 0 aliphatic heterocycles. The Morgan fingerprint density at radius 2 is 0.303 bits per heavy atom. The molecular formula is C90H57N3S6. The van der Waals surface area contributed by atoms with Crippen molar-refractivity contribution in [2.45, 2.75) is 0 Å². The van der Waals surface area contributed by atoms with Crippen molar-refractivity contribution in [3.8, 4) is 33.4 Å². The predicted molar refractivity (Wildman–Crippen MR) is 442 cm³/mol. The number of fused-ring (bicyclic) bond motifs is 18. The van der Waals surface area contributed by atoms with Gasteiger partial charge in [-0.1, -0.05) is 164 Å². The van der Waals surface area contributed by atoms with Crippen molar-refractivity contribution in [2.75, 3.05) is 16.0 Å². The number of nitrogens with one attached hydrogen (secondary N) is 3. The van der Waals surface area contributed by atoms with E-state index in [1.165, 1.54) is 154 Å². The molecule has 6 heterocycles. The molecule has 0 bridgehead atoms. The Bertz CT molecular complexity index is 6380. The van der Waals surface area contributed by atoms with Crippen LogP contribution >= 0.6 is 68.0 Å². The predicted octanol–water partition coefficient (Wildman–Crippen LogP) is 29.5. The first-order valence-electron chi connectivity index (χ1n) is 33.1. The second-order valence-corrected chi connectivity index (χ2v) is 31.5. The molecule has 3 nitrogen and oxygen atoms in total. The Kier molecular flexibility index (Phi) is 15.1. The minimum atomic E-state index is 1.08. The molecule has 15 aromatic carbocycles. The van der Waals surface area contributed by atoms with Crippen LogP contribution in [0.15, 0.2) is 328 Å². The first kappa shape index (κ1) is 59.3. The van der Waals surface area contributed by atoms with Gasteiger partial charge in [0.2, 0.25) is 0 Å². The Hall–Kier alpha value is -11.0. The SMILES string of the molecule is c1ccc2c(c1)sc1ccc(-c3ccc(Nc4ccc(-c5ccc6sc7ccccc7c6c5)cc4)cc3)cc12.c1ccc2c(c1)sc1ccc(Nc3ccc(-c4ccc5sc6ccccc6c5c4)cc3)cc12.c1ccc2c(c1)sc1ccc(Nc3ccc4sc5ccccc5c4c3)cc12. The first-order chi connectivity index (χ1) is 48.9. The molecule has 0 saturated heterocycles. The van der Waals surface area contributed by atoms with E-state index in [-0.39, 0.29) is 0 Å². The number of anilines is 6. The van der Waals surface area contributed by atoms with Crippen molar-refractivity contribution >= 4 is 223 Å². The van der Waals surface area contributed by atoms with Crippen LogP contribution in [0.25, 0.3) is 154 Å². The van der Waals surface area contributed by atoms with E-state index in [0.717, 1.165) is 34.1 Å². The lowest BCUT2D eigenvalue weighted by Crippen LogP contribution is -1.90.